The molecular formula is C16H27NS. The Balaban J connectivity index is 1.95. The van der Waals surface area contributed by atoms with Crippen LogP contribution in [0.2, 0.25) is 0 Å². The zero-order valence-electron chi connectivity index (χ0n) is 11.8. The van der Waals surface area contributed by atoms with E-state index in [1.807, 2.05) is 11.3 Å². The highest BCUT2D eigenvalue weighted by molar-refractivity contribution is 7.10. The van der Waals surface area contributed by atoms with E-state index in [2.05, 4.69) is 36.7 Å². The van der Waals surface area contributed by atoms with Crippen LogP contribution in [0.5, 0.6) is 0 Å². The van der Waals surface area contributed by atoms with Gasteiger partial charge in [0.15, 0.2) is 0 Å². The Morgan fingerprint density at radius 2 is 2.00 bits per heavy atom. The Bertz CT molecular complexity index is 314. The molecule has 0 aliphatic heterocycles. The van der Waals surface area contributed by atoms with E-state index in [-0.39, 0.29) is 0 Å². The number of hydrogen-bond donors (Lipinski definition) is 1. The third-order valence-electron chi connectivity index (χ3n) is 4.37. The first-order chi connectivity index (χ1) is 8.85. The number of thiophene rings is 1. The predicted octanol–water partition coefficient (Wildman–Crippen LogP) is 5.15. The molecule has 2 atom stereocenters. The van der Waals surface area contributed by atoms with Crippen molar-refractivity contribution in [2.75, 3.05) is 0 Å². The normalized spacial score (nSPS) is 20.8. The van der Waals surface area contributed by atoms with Gasteiger partial charge in [0.1, 0.15) is 0 Å². The van der Waals surface area contributed by atoms with Crippen molar-refractivity contribution in [1.29, 1.82) is 0 Å². The summed E-state index contributed by atoms with van der Waals surface area (Å²) in [6.07, 6.45) is 9.68. The van der Waals surface area contributed by atoms with Gasteiger partial charge in [-0.15, -0.1) is 11.3 Å². The van der Waals surface area contributed by atoms with Crippen LogP contribution in [-0.4, -0.2) is 6.04 Å². The summed E-state index contributed by atoms with van der Waals surface area (Å²) in [5.74, 6) is 0.915. The summed E-state index contributed by atoms with van der Waals surface area (Å²) in [6, 6.07) is 5.74. The molecule has 0 aromatic carbocycles. The lowest BCUT2D eigenvalue weighted by Gasteiger charge is -2.33. The lowest BCUT2D eigenvalue weighted by molar-refractivity contribution is 0.244. The van der Waals surface area contributed by atoms with Crippen LogP contribution in [0.15, 0.2) is 17.5 Å². The van der Waals surface area contributed by atoms with Gasteiger partial charge in [0.2, 0.25) is 0 Å². The molecule has 1 N–H and O–H groups in total. The molecule has 1 heterocycles. The standard InChI is InChI=1S/C16H27NS/c1-3-14(13-9-6-5-7-10-13)17-15(4-2)16-11-8-12-18-16/h8,11-15,17H,3-7,9-10H2,1-2H3. The third kappa shape index (κ3) is 3.58. The van der Waals surface area contributed by atoms with Crippen LogP contribution in [0.25, 0.3) is 0 Å². The van der Waals surface area contributed by atoms with Crippen LogP contribution >= 0.6 is 11.3 Å². The Labute approximate surface area is 116 Å². The fourth-order valence-corrected chi connectivity index (χ4v) is 4.14. The highest BCUT2D eigenvalue weighted by Gasteiger charge is 2.24. The maximum atomic E-state index is 3.94. The maximum absolute atomic E-state index is 3.94. The first-order valence-electron chi connectivity index (χ1n) is 7.64. The van der Waals surface area contributed by atoms with E-state index >= 15 is 0 Å². The Kier molecular flexibility index (Phi) is 5.71. The third-order valence-corrected chi connectivity index (χ3v) is 5.35. The average Bonchev–Trinajstić information content (AvgIpc) is 2.95. The fourth-order valence-electron chi connectivity index (χ4n) is 3.27. The molecule has 0 amide bonds. The molecule has 1 aliphatic rings. The molecule has 2 unspecified atom stereocenters. The lowest BCUT2D eigenvalue weighted by Crippen LogP contribution is -2.38. The molecule has 0 spiro atoms. The van der Waals surface area contributed by atoms with E-state index in [0.717, 1.165) is 12.0 Å². The van der Waals surface area contributed by atoms with Crippen LogP contribution in [0.1, 0.15) is 69.7 Å². The minimum atomic E-state index is 0.567. The molecule has 102 valence electrons. The van der Waals surface area contributed by atoms with Crippen molar-refractivity contribution in [2.24, 2.45) is 5.92 Å². The summed E-state index contributed by atoms with van der Waals surface area (Å²) in [5.41, 5.74) is 0. The second-order valence-electron chi connectivity index (χ2n) is 5.56. The molecule has 2 heteroatoms. The van der Waals surface area contributed by atoms with Gasteiger partial charge in [-0.05, 0) is 43.0 Å². The Hall–Kier alpha value is -0.340. The second-order valence-corrected chi connectivity index (χ2v) is 6.54. The molecule has 1 nitrogen and oxygen atoms in total. The van der Waals surface area contributed by atoms with E-state index in [1.54, 1.807) is 0 Å². The quantitative estimate of drug-likeness (QED) is 0.750. The van der Waals surface area contributed by atoms with E-state index in [4.69, 9.17) is 0 Å². The van der Waals surface area contributed by atoms with Crippen LogP contribution in [0.3, 0.4) is 0 Å². The number of nitrogens with one attached hydrogen (secondary N) is 1. The Morgan fingerprint density at radius 3 is 2.56 bits per heavy atom. The maximum Gasteiger partial charge on any atom is 0.0414 e. The van der Waals surface area contributed by atoms with Crippen molar-refractivity contribution >= 4 is 11.3 Å². The summed E-state index contributed by atoms with van der Waals surface area (Å²) in [5, 5.41) is 6.13. The predicted molar refractivity (Wildman–Crippen MR) is 81.1 cm³/mol. The topological polar surface area (TPSA) is 12.0 Å². The van der Waals surface area contributed by atoms with E-state index < -0.39 is 0 Å². The van der Waals surface area contributed by atoms with Gasteiger partial charge in [0, 0.05) is 17.0 Å². The summed E-state index contributed by atoms with van der Waals surface area (Å²) in [7, 11) is 0. The van der Waals surface area contributed by atoms with Crippen LogP contribution in [0, 0.1) is 5.92 Å². The Morgan fingerprint density at radius 1 is 1.22 bits per heavy atom. The SMILES string of the molecule is CCC(NC(CC)C1CCCCC1)c1cccs1. The van der Waals surface area contributed by atoms with Crippen molar-refractivity contribution < 1.29 is 0 Å². The number of rotatable bonds is 6. The monoisotopic (exact) mass is 265 g/mol. The summed E-state index contributed by atoms with van der Waals surface area (Å²) >= 11 is 1.89. The molecule has 2 rings (SSSR count). The summed E-state index contributed by atoms with van der Waals surface area (Å²) in [4.78, 5) is 1.51. The van der Waals surface area contributed by atoms with Crippen LogP contribution in [-0.2, 0) is 0 Å². The van der Waals surface area contributed by atoms with Crippen LogP contribution < -0.4 is 5.32 Å². The second kappa shape index (κ2) is 7.30. The van der Waals surface area contributed by atoms with Crippen molar-refractivity contribution in [3.63, 3.8) is 0 Å². The molecular weight excluding hydrogens is 238 g/mol. The smallest absolute Gasteiger partial charge is 0.0414 e. The van der Waals surface area contributed by atoms with E-state index in [0.29, 0.717) is 6.04 Å². The average molecular weight is 265 g/mol. The van der Waals surface area contributed by atoms with Gasteiger partial charge in [-0.25, -0.2) is 0 Å². The summed E-state index contributed by atoms with van der Waals surface area (Å²) < 4.78 is 0. The first kappa shape index (κ1) is 14.1. The first-order valence-corrected chi connectivity index (χ1v) is 8.52. The highest BCUT2D eigenvalue weighted by Crippen LogP contribution is 2.30. The zero-order chi connectivity index (χ0) is 12.8. The largest absolute Gasteiger partial charge is 0.306 e. The van der Waals surface area contributed by atoms with Crippen molar-refractivity contribution in [1.82, 2.24) is 5.32 Å². The van der Waals surface area contributed by atoms with Crippen molar-refractivity contribution in [3.8, 4) is 0 Å². The van der Waals surface area contributed by atoms with Gasteiger partial charge < -0.3 is 5.32 Å². The van der Waals surface area contributed by atoms with Crippen molar-refractivity contribution in [3.05, 3.63) is 22.4 Å². The molecule has 18 heavy (non-hydrogen) atoms. The van der Waals surface area contributed by atoms with Gasteiger partial charge in [-0.2, -0.15) is 0 Å². The minimum Gasteiger partial charge on any atom is -0.306 e. The van der Waals surface area contributed by atoms with Crippen molar-refractivity contribution in [2.45, 2.75) is 70.9 Å². The lowest BCUT2D eigenvalue weighted by atomic mass is 9.82. The van der Waals surface area contributed by atoms with Gasteiger partial charge in [0.05, 0.1) is 0 Å². The van der Waals surface area contributed by atoms with Gasteiger partial charge >= 0.3 is 0 Å². The van der Waals surface area contributed by atoms with Gasteiger partial charge in [-0.3, -0.25) is 0 Å². The molecule has 1 aromatic rings. The fraction of sp³-hybridized carbons (Fsp3) is 0.750. The molecule has 0 bridgehead atoms. The molecule has 1 fully saturated rings. The van der Waals surface area contributed by atoms with E-state index in [9.17, 15) is 0 Å². The molecule has 1 saturated carbocycles. The van der Waals surface area contributed by atoms with E-state index in [1.165, 1.54) is 49.8 Å². The molecule has 1 aliphatic carbocycles. The van der Waals surface area contributed by atoms with Gasteiger partial charge in [-0.1, -0.05) is 39.2 Å². The number of hydrogen-bond acceptors (Lipinski definition) is 2. The summed E-state index contributed by atoms with van der Waals surface area (Å²) in [6.45, 7) is 4.64. The van der Waals surface area contributed by atoms with Crippen LogP contribution in [0.4, 0.5) is 0 Å². The zero-order valence-corrected chi connectivity index (χ0v) is 12.6. The van der Waals surface area contributed by atoms with Gasteiger partial charge in [0.25, 0.3) is 0 Å². The highest BCUT2D eigenvalue weighted by atomic mass is 32.1. The molecule has 0 radical (unpaired) electrons. The minimum absolute atomic E-state index is 0.567. The molecule has 1 aromatic heterocycles. The molecule has 0 saturated heterocycles.